The van der Waals surface area contributed by atoms with Crippen molar-refractivity contribution in [3.63, 3.8) is 0 Å². The van der Waals surface area contributed by atoms with Gasteiger partial charge in [-0.1, -0.05) is 6.92 Å². The normalized spacial score (nSPS) is 26.7. The molecule has 1 heterocycles. The average Bonchev–Trinajstić information content (AvgIpc) is 2.14. The van der Waals surface area contributed by atoms with Crippen molar-refractivity contribution in [1.82, 2.24) is 10.2 Å². The zero-order chi connectivity index (χ0) is 12.3. The first-order valence-corrected chi connectivity index (χ1v) is 6.05. The highest BCUT2D eigenvalue weighted by atomic mass is 16.6. The lowest BCUT2D eigenvalue weighted by Crippen LogP contribution is -2.57. The molecule has 1 fully saturated rings. The molecule has 2 atom stereocenters. The standard InChI is InChI=1S/C12H24N2O2/c1-6-10-8-14(7-9(2)13-10)11(15)16-12(3,4)5/h9-10,13H,6-8H2,1-5H3/t9-,10?/m0/s1. The Morgan fingerprint density at radius 1 is 1.44 bits per heavy atom. The molecule has 0 aliphatic carbocycles. The van der Waals surface area contributed by atoms with Crippen LogP contribution in [0.1, 0.15) is 41.0 Å². The van der Waals surface area contributed by atoms with Crippen molar-refractivity contribution in [2.45, 2.75) is 58.7 Å². The molecule has 1 unspecified atom stereocenters. The predicted molar refractivity (Wildman–Crippen MR) is 64.5 cm³/mol. The van der Waals surface area contributed by atoms with Crippen LogP contribution in [0, 0.1) is 0 Å². The van der Waals surface area contributed by atoms with Crippen molar-refractivity contribution in [3.8, 4) is 0 Å². The zero-order valence-electron chi connectivity index (χ0n) is 11.0. The van der Waals surface area contributed by atoms with Gasteiger partial charge in [-0.3, -0.25) is 0 Å². The highest BCUT2D eigenvalue weighted by molar-refractivity contribution is 5.68. The molecule has 1 aliphatic rings. The van der Waals surface area contributed by atoms with Crippen LogP contribution in [0.2, 0.25) is 0 Å². The van der Waals surface area contributed by atoms with Gasteiger partial charge in [0, 0.05) is 25.2 Å². The molecule has 16 heavy (non-hydrogen) atoms. The fourth-order valence-corrected chi connectivity index (χ4v) is 1.90. The first-order chi connectivity index (χ1) is 7.31. The maximum Gasteiger partial charge on any atom is 0.410 e. The van der Waals surface area contributed by atoms with Gasteiger partial charge < -0.3 is 15.0 Å². The second kappa shape index (κ2) is 5.04. The molecule has 94 valence electrons. The van der Waals surface area contributed by atoms with Gasteiger partial charge in [0.05, 0.1) is 0 Å². The third kappa shape index (κ3) is 4.00. The molecule has 0 radical (unpaired) electrons. The van der Waals surface area contributed by atoms with E-state index in [4.69, 9.17) is 4.74 Å². The summed E-state index contributed by atoms with van der Waals surface area (Å²) in [6.07, 6.45) is 0.836. The molecule has 0 aromatic heterocycles. The molecule has 1 amide bonds. The summed E-state index contributed by atoms with van der Waals surface area (Å²) >= 11 is 0. The summed E-state index contributed by atoms with van der Waals surface area (Å²) in [6, 6.07) is 0.725. The van der Waals surface area contributed by atoms with Crippen LogP contribution in [-0.4, -0.2) is 41.8 Å². The summed E-state index contributed by atoms with van der Waals surface area (Å²) in [5, 5.41) is 3.46. The van der Waals surface area contributed by atoms with Crippen molar-refractivity contribution >= 4 is 6.09 Å². The van der Waals surface area contributed by atoms with Crippen molar-refractivity contribution in [1.29, 1.82) is 0 Å². The second-order valence-corrected chi connectivity index (χ2v) is 5.56. The number of ether oxygens (including phenoxy) is 1. The fraction of sp³-hybridized carbons (Fsp3) is 0.917. The number of hydrogen-bond donors (Lipinski definition) is 1. The Labute approximate surface area is 98.3 Å². The van der Waals surface area contributed by atoms with E-state index in [1.807, 2.05) is 20.8 Å². The van der Waals surface area contributed by atoms with Gasteiger partial charge in [-0.15, -0.1) is 0 Å². The summed E-state index contributed by atoms with van der Waals surface area (Å²) in [5.41, 5.74) is -0.410. The van der Waals surface area contributed by atoms with E-state index in [0.717, 1.165) is 19.5 Å². The van der Waals surface area contributed by atoms with E-state index < -0.39 is 5.60 Å². The van der Waals surface area contributed by atoms with Gasteiger partial charge in [0.1, 0.15) is 5.60 Å². The highest BCUT2D eigenvalue weighted by Crippen LogP contribution is 2.13. The highest BCUT2D eigenvalue weighted by Gasteiger charge is 2.29. The smallest absolute Gasteiger partial charge is 0.410 e. The Bertz CT molecular complexity index is 248. The first kappa shape index (κ1) is 13.3. The summed E-state index contributed by atoms with van der Waals surface area (Å²) in [5.74, 6) is 0. The number of rotatable bonds is 1. The Kier molecular flexibility index (Phi) is 4.19. The number of piperazine rings is 1. The molecule has 0 bridgehead atoms. The predicted octanol–water partition coefficient (Wildman–Crippen LogP) is 1.99. The Balaban J connectivity index is 2.55. The van der Waals surface area contributed by atoms with Crippen molar-refractivity contribution < 1.29 is 9.53 Å². The zero-order valence-corrected chi connectivity index (χ0v) is 11.0. The minimum absolute atomic E-state index is 0.195. The Morgan fingerprint density at radius 2 is 2.06 bits per heavy atom. The van der Waals surface area contributed by atoms with Gasteiger partial charge in [0.2, 0.25) is 0 Å². The van der Waals surface area contributed by atoms with Gasteiger partial charge in [0.25, 0.3) is 0 Å². The van der Waals surface area contributed by atoms with E-state index in [1.165, 1.54) is 0 Å². The van der Waals surface area contributed by atoms with Crippen molar-refractivity contribution in [2.24, 2.45) is 0 Å². The van der Waals surface area contributed by atoms with E-state index in [2.05, 4.69) is 19.2 Å². The van der Waals surface area contributed by atoms with Gasteiger partial charge in [-0.25, -0.2) is 4.79 Å². The number of nitrogens with one attached hydrogen (secondary N) is 1. The van der Waals surface area contributed by atoms with Crippen LogP contribution < -0.4 is 5.32 Å². The molecule has 4 nitrogen and oxygen atoms in total. The maximum absolute atomic E-state index is 11.9. The quantitative estimate of drug-likeness (QED) is 0.746. The summed E-state index contributed by atoms with van der Waals surface area (Å²) in [6.45, 7) is 11.4. The third-order valence-electron chi connectivity index (χ3n) is 2.60. The molecule has 4 heteroatoms. The first-order valence-electron chi connectivity index (χ1n) is 6.05. The lowest BCUT2D eigenvalue weighted by atomic mass is 10.1. The topological polar surface area (TPSA) is 41.6 Å². The lowest BCUT2D eigenvalue weighted by molar-refractivity contribution is 0.0158. The molecule has 1 aliphatic heterocycles. The molecule has 0 aromatic carbocycles. The van der Waals surface area contributed by atoms with Crippen LogP contribution >= 0.6 is 0 Å². The summed E-state index contributed by atoms with van der Waals surface area (Å²) < 4.78 is 5.38. The SMILES string of the molecule is CCC1CN(C(=O)OC(C)(C)C)C[C@H](C)N1. The van der Waals surface area contributed by atoms with E-state index in [9.17, 15) is 4.79 Å². The average molecular weight is 228 g/mol. The van der Waals surface area contributed by atoms with Crippen molar-refractivity contribution in [3.05, 3.63) is 0 Å². The van der Waals surface area contributed by atoms with Gasteiger partial charge >= 0.3 is 6.09 Å². The van der Waals surface area contributed by atoms with Gasteiger partial charge in [-0.2, -0.15) is 0 Å². The number of nitrogens with zero attached hydrogens (tertiary/aromatic N) is 1. The van der Waals surface area contributed by atoms with E-state index in [-0.39, 0.29) is 6.09 Å². The van der Waals surface area contributed by atoms with Crippen LogP contribution in [0.15, 0.2) is 0 Å². The Hall–Kier alpha value is -0.770. The van der Waals surface area contributed by atoms with Gasteiger partial charge in [0.15, 0.2) is 0 Å². The molecule has 1 rings (SSSR count). The van der Waals surface area contributed by atoms with Crippen LogP contribution in [0.25, 0.3) is 0 Å². The van der Waals surface area contributed by atoms with Crippen LogP contribution in [0.5, 0.6) is 0 Å². The Morgan fingerprint density at radius 3 is 2.56 bits per heavy atom. The number of carbonyl (C=O) groups excluding carboxylic acids is 1. The van der Waals surface area contributed by atoms with Gasteiger partial charge in [-0.05, 0) is 34.1 Å². The summed E-state index contributed by atoms with van der Waals surface area (Å²) in [7, 11) is 0. The minimum Gasteiger partial charge on any atom is -0.444 e. The molecule has 0 saturated carbocycles. The third-order valence-corrected chi connectivity index (χ3v) is 2.60. The number of carbonyl (C=O) groups is 1. The fourth-order valence-electron chi connectivity index (χ4n) is 1.90. The number of hydrogen-bond acceptors (Lipinski definition) is 3. The van der Waals surface area contributed by atoms with E-state index >= 15 is 0 Å². The number of amides is 1. The maximum atomic E-state index is 11.9. The molecule has 1 saturated heterocycles. The van der Waals surface area contributed by atoms with Crippen LogP contribution in [-0.2, 0) is 4.74 Å². The molecular formula is C12H24N2O2. The lowest BCUT2D eigenvalue weighted by Gasteiger charge is -2.37. The summed E-state index contributed by atoms with van der Waals surface area (Å²) in [4.78, 5) is 13.7. The van der Waals surface area contributed by atoms with Crippen LogP contribution in [0.4, 0.5) is 4.79 Å². The molecule has 0 aromatic rings. The van der Waals surface area contributed by atoms with E-state index in [1.54, 1.807) is 4.90 Å². The van der Waals surface area contributed by atoms with E-state index in [0.29, 0.717) is 12.1 Å². The minimum atomic E-state index is -0.410. The molecular weight excluding hydrogens is 204 g/mol. The molecule has 0 spiro atoms. The van der Waals surface area contributed by atoms with Crippen LogP contribution in [0.3, 0.4) is 0 Å². The second-order valence-electron chi connectivity index (χ2n) is 5.56. The largest absolute Gasteiger partial charge is 0.444 e. The van der Waals surface area contributed by atoms with Crippen molar-refractivity contribution in [2.75, 3.05) is 13.1 Å². The molecule has 1 N–H and O–H groups in total. The monoisotopic (exact) mass is 228 g/mol.